The van der Waals surface area contributed by atoms with Crippen molar-refractivity contribution >= 4 is 6.08 Å². The number of nitrogens with one attached hydrogen (secondary N) is 1. The van der Waals surface area contributed by atoms with Gasteiger partial charge in [0.15, 0.2) is 0 Å². The van der Waals surface area contributed by atoms with Crippen molar-refractivity contribution < 1.29 is 5.11 Å². The maximum absolute atomic E-state index is 9.35. The Labute approximate surface area is 151 Å². The van der Waals surface area contributed by atoms with Crippen LogP contribution < -0.4 is 11.1 Å². The van der Waals surface area contributed by atoms with Crippen LogP contribution in [0.15, 0.2) is 60.7 Å². The second kappa shape index (κ2) is 10.0. The lowest BCUT2D eigenvalue weighted by Gasteiger charge is -2.20. The number of benzene rings is 2. The predicted octanol–water partition coefficient (Wildman–Crippen LogP) is 3.98. The van der Waals surface area contributed by atoms with Crippen molar-refractivity contribution in [2.75, 3.05) is 6.54 Å². The first kappa shape index (κ1) is 19.2. The molecule has 0 aromatic heterocycles. The van der Waals surface area contributed by atoms with Crippen LogP contribution in [0.1, 0.15) is 31.4 Å². The minimum absolute atomic E-state index is 0.0457. The van der Waals surface area contributed by atoms with Gasteiger partial charge in [0, 0.05) is 18.6 Å². The molecule has 2 aromatic rings. The van der Waals surface area contributed by atoms with Gasteiger partial charge < -0.3 is 16.2 Å². The molecule has 0 amide bonds. The zero-order valence-electron chi connectivity index (χ0n) is 15.2. The Morgan fingerprint density at radius 3 is 2.36 bits per heavy atom. The second-order valence-corrected chi connectivity index (χ2v) is 7.04. The van der Waals surface area contributed by atoms with Gasteiger partial charge >= 0.3 is 0 Å². The van der Waals surface area contributed by atoms with Crippen molar-refractivity contribution in [3.8, 4) is 5.75 Å². The van der Waals surface area contributed by atoms with Crippen molar-refractivity contribution in [3.05, 3.63) is 71.8 Å². The smallest absolute Gasteiger partial charge is 0.115 e. The van der Waals surface area contributed by atoms with E-state index in [4.69, 9.17) is 5.73 Å². The van der Waals surface area contributed by atoms with E-state index in [1.165, 1.54) is 5.56 Å². The number of hydrogen-bond acceptors (Lipinski definition) is 3. The van der Waals surface area contributed by atoms with Crippen LogP contribution >= 0.6 is 0 Å². The Kier molecular flexibility index (Phi) is 7.71. The Bertz CT molecular complexity index is 635. The Morgan fingerprint density at radius 1 is 1.04 bits per heavy atom. The van der Waals surface area contributed by atoms with Crippen molar-refractivity contribution in [2.24, 2.45) is 11.7 Å². The lowest BCUT2D eigenvalue weighted by Crippen LogP contribution is -2.40. The van der Waals surface area contributed by atoms with E-state index >= 15 is 0 Å². The van der Waals surface area contributed by atoms with Crippen molar-refractivity contribution in [2.45, 2.75) is 38.8 Å². The maximum Gasteiger partial charge on any atom is 0.115 e. The third-order valence-corrected chi connectivity index (χ3v) is 4.12. The van der Waals surface area contributed by atoms with E-state index in [2.05, 4.69) is 55.6 Å². The highest BCUT2D eigenvalue weighted by molar-refractivity contribution is 5.49. The van der Waals surface area contributed by atoms with Gasteiger partial charge in [0.25, 0.3) is 0 Å². The summed E-state index contributed by atoms with van der Waals surface area (Å²) < 4.78 is 0. The molecule has 4 N–H and O–H groups in total. The number of rotatable bonds is 9. The van der Waals surface area contributed by atoms with E-state index < -0.39 is 0 Å². The third kappa shape index (κ3) is 7.55. The van der Waals surface area contributed by atoms with E-state index in [9.17, 15) is 5.11 Å². The molecule has 0 aliphatic heterocycles. The van der Waals surface area contributed by atoms with Crippen LogP contribution in [0.25, 0.3) is 6.08 Å². The molecule has 0 saturated heterocycles. The van der Waals surface area contributed by atoms with Crippen LogP contribution in [0, 0.1) is 5.92 Å². The van der Waals surface area contributed by atoms with Gasteiger partial charge in [-0.3, -0.25) is 0 Å². The Balaban J connectivity index is 1.88. The van der Waals surface area contributed by atoms with Crippen LogP contribution in [0.4, 0.5) is 0 Å². The molecule has 134 valence electrons. The maximum atomic E-state index is 9.35. The molecular formula is C22H30N2O. The standard InChI is InChI=1S/C22H30N2O/c1-17(2)14-21(11-8-18-6-4-3-5-7-18)24-16-20(23)15-19-9-12-22(25)13-10-19/h3-13,17,20-21,24-25H,14-16,23H2,1-2H3/t20-,21+/m0/s1. The number of phenolic OH excluding ortho intramolecular Hbond substituents is 1. The fourth-order valence-electron chi connectivity index (χ4n) is 2.84. The van der Waals surface area contributed by atoms with Gasteiger partial charge in [0.2, 0.25) is 0 Å². The van der Waals surface area contributed by atoms with Gasteiger partial charge in [-0.2, -0.15) is 0 Å². The summed E-state index contributed by atoms with van der Waals surface area (Å²) in [5, 5.41) is 12.9. The molecule has 3 heteroatoms. The van der Waals surface area contributed by atoms with Gasteiger partial charge in [-0.15, -0.1) is 0 Å². The minimum atomic E-state index is 0.0457. The fourth-order valence-corrected chi connectivity index (χ4v) is 2.84. The van der Waals surface area contributed by atoms with E-state index in [-0.39, 0.29) is 6.04 Å². The van der Waals surface area contributed by atoms with Gasteiger partial charge in [0.05, 0.1) is 0 Å². The summed E-state index contributed by atoms with van der Waals surface area (Å²) in [7, 11) is 0. The highest BCUT2D eigenvalue weighted by atomic mass is 16.3. The van der Waals surface area contributed by atoms with E-state index in [0.29, 0.717) is 17.7 Å². The monoisotopic (exact) mass is 338 g/mol. The van der Waals surface area contributed by atoms with Crippen molar-refractivity contribution in [1.29, 1.82) is 0 Å². The molecule has 25 heavy (non-hydrogen) atoms. The lowest BCUT2D eigenvalue weighted by atomic mass is 10.0. The molecule has 0 aliphatic rings. The van der Waals surface area contributed by atoms with Crippen LogP contribution in [-0.4, -0.2) is 23.7 Å². The first-order valence-corrected chi connectivity index (χ1v) is 9.03. The molecule has 0 radical (unpaired) electrons. The predicted molar refractivity (Wildman–Crippen MR) is 107 cm³/mol. The molecule has 0 aliphatic carbocycles. The minimum Gasteiger partial charge on any atom is -0.508 e. The molecule has 0 saturated carbocycles. The Hall–Kier alpha value is -2.10. The van der Waals surface area contributed by atoms with Gasteiger partial charge in [-0.25, -0.2) is 0 Å². The highest BCUT2D eigenvalue weighted by Gasteiger charge is 2.10. The highest BCUT2D eigenvalue weighted by Crippen LogP contribution is 2.12. The summed E-state index contributed by atoms with van der Waals surface area (Å²) in [4.78, 5) is 0. The normalized spacial score (nSPS) is 14.1. The largest absolute Gasteiger partial charge is 0.508 e. The number of hydrogen-bond donors (Lipinski definition) is 3. The molecule has 3 nitrogen and oxygen atoms in total. The van der Waals surface area contributed by atoms with Crippen LogP contribution in [-0.2, 0) is 6.42 Å². The van der Waals surface area contributed by atoms with E-state index in [1.807, 2.05) is 18.2 Å². The summed E-state index contributed by atoms with van der Waals surface area (Å²) in [6, 6.07) is 18.0. The number of phenols is 1. The lowest BCUT2D eigenvalue weighted by molar-refractivity contribution is 0.453. The zero-order valence-corrected chi connectivity index (χ0v) is 15.2. The molecule has 2 atom stereocenters. The first-order chi connectivity index (χ1) is 12.0. The fraction of sp³-hybridized carbons (Fsp3) is 0.364. The Morgan fingerprint density at radius 2 is 1.72 bits per heavy atom. The average Bonchev–Trinajstić information content (AvgIpc) is 2.60. The topological polar surface area (TPSA) is 58.3 Å². The second-order valence-electron chi connectivity index (χ2n) is 7.04. The molecular weight excluding hydrogens is 308 g/mol. The number of aromatic hydroxyl groups is 1. The van der Waals surface area contributed by atoms with E-state index in [0.717, 1.165) is 24.9 Å². The van der Waals surface area contributed by atoms with Gasteiger partial charge in [0.1, 0.15) is 5.75 Å². The van der Waals surface area contributed by atoms with Crippen molar-refractivity contribution in [3.63, 3.8) is 0 Å². The van der Waals surface area contributed by atoms with Crippen LogP contribution in [0.5, 0.6) is 5.75 Å². The quantitative estimate of drug-likeness (QED) is 0.648. The summed E-state index contributed by atoms with van der Waals surface area (Å²) in [5.41, 5.74) is 8.64. The molecule has 0 heterocycles. The third-order valence-electron chi connectivity index (χ3n) is 4.12. The van der Waals surface area contributed by atoms with Crippen LogP contribution in [0.3, 0.4) is 0 Å². The van der Waals surface area contributed by atoms with Gasteiger partial charge in [-0.1, -0.05) is 68.5 Å². The summed E-state index contributed by atoms with van der Waals surface area (Å²) in [6.07, 6.45) is 6.29. The summed E-state index contributed by atoms with van der Waals surface area (Å²) in [5.74, 6) is 0.907. The molecule has 0 unspecified atom stereocenters. The van der Waals surface area contributed by atoms with E-state index in [1.54, 1.807) is 12.1 Å². The zero-order chi connectivity index (χ0) is 18.1. The van der Waals surface area contributed by atoms with Crippen molar-refractivity contribution in [1.82, 2.24) is 5.32 Å². The molecule has 0 fully saturated rings. The number of nitrogens with two attached hydrogens (primary N) is 1. The van der Waals surface area contributed by atoms with Crippen LogP contribution in [0.2, 0.25) is 0 Å². The molecule has 0 bridgehead atoms. The SMILES string of the molecule is CC(C)C[C@@H](C=Cc1ccccc1)NC[C@@H](N)Cc1ccc(O)cc1. The molecule has 2 aromatic carbocycles. The summed E-state index contributed by atoms with van der Waals surface area (Å²) in [6.45, 7) is 5.24. The molecule has 0 spiro atoms. The average molecular weight is 338 g/mol. The van der Waals surface area contributed by atoms with Gasteiger partial charge in [-0.05, 0) is 42.0 Å². The summed E-state index contributed by atoms with van der Waals surface area (Å²) >= 11 is 0. The molecule has 2 rings (SSSR count). The first-order valence-electron chi connectivity index (χ1n) is 9.03.